The van der Waals surface area contributed by atoms with Crippen LogP contribution in [0.2, 0.25) is 0 Å². The average molecular weight is 564 g/mol. The number of ether oxygens (including phenoxy) is 3. The van der Waals surface area contributed by atoms with Crippen LogP contribution in [0.5, 0.6) is 11.8 Å². The van der Waals surface area contributed by atoms with Crippen LogP contribution < -0.4 is 14.4 Å². The van der Waals surface area contributed by atoms with Crippen molar-refractivity contribution in [3.8, 4) is 11.8 Å². The predicted molar refractivity (Wildman–Crippen MR) is 142 cm³/mol. The number of halogens is 3. The molecule has 4 aliphatic rings. The van der Waals surface area contributed by atoms with Crippen molar-refractivity contribution < 1.29 is 32.2 Å². The van der Waals surface area contributed by atoms with Crippen LogP contribution in [0, 0.1) is 11.6 Å². The Bertz CT molecular complexity index is 1310. The van der Waals surface area contributed by atoms with Crippen molar-refractivity contribution in [2.24, 2.45) is 0 Å². The summed E-state index contributed by atoms with van der Waals surface area (Å²) in [5, 5.41) is 0.114. The molecule has 218 valence electrons. The van der Waals surface area contributed by atoms with Crippen molar-refractivity contribution in [3.05, 3.63) is 17.7 Å². The van der Waals surface area contributed by atoms with Crippen LogP contribution in [0.4, 0.5) is 23.8 Å². The number of rotatable bonds is 5. The second-order valence-corrected chi connectivity index (χ2v) is 12.5. The third kappa shape index (κ3) is 4.67. The minimum atomic E-state index is -0.918. The minimum absolute atomic E-state index is 0.0551. The molecule has 0 aliphatic carbocycles. The lowest BCUT2D eigenvalue weighted by atomic mass is 9.95. The SMILES string of the molecule is COc1c(F)cc(F)c2nc(OC[C@@]34CCCN3C[C@H](F)C4)nc(N3C[C@H]4CC[C@@H](C3)N4C(=O)OC(C)(C)C)c12. The van der Waals surface area contributed by atoms with Gasteiger partial charge in [0.2, 0.25) is 0 Å². The Morgan fingerprint density at radius 1 is 1.12 bits per heavy atom. The first-order valence-electron chi connectivity index (χ1n) is 14.0. The Hall–Kier alpha value is -3.02. The number of amides is 1. The van der Waals surface area contributed by atoms with E-state index in [0.717, 1.165) is 38.3 Å². The fraction of sp³-hybridized carbons (Fsp3) is 0.679. The number of aromatic nitrogens is 2. The first-order valence-corrected chi connectivity index (χ1v) is 14.0. The Labute approximate surface area is 231 Å². The van der Waals surface area contributed by atoms with Gasteiger partial charge in [-0.1, -0.05) is 0 Å². The lowest BCUT2D eigenvalue weighted by molar-refractivity contribution is 0.0122. The molecule has 4 atom stereocenters. The van der Waals surface area contributed by atoms with E-state index in [0.29, 0.717) is 26.1 Å². The average Bonchev–Trinajstić information content (AvgIpc) is 3.49. The molecule has 0 unspecified atom stereocenters. The second-order valence-electron chi connectivity index (χ2n) is 12.5. The Morgan fingerprint density at radius 3 is 2.52 bits per heavy atom. The van der Waals surface area contributed by atoms with Gasteiger partial charge in [0.1, 0.15) is 29.7 Å². The Balaban J connectivity index is 1.35. The van der Waals surface area contributed by atoms with Crippen molar-refractivity contribution >= 4 is 22.8 Å². The van der Waals surface area contributed by atoms with Gasteiger partial charge in [-0.3, -0.25) is 9.80 Å². The van der Waals surface area contributed by atoms with Crippen LogP contribution in [0.25, 0.3) is 10.9 Å². The summed E-state index contributed by atoms with van der Waals surface area (Å²) in [6.07, 6.45) is 2.39. The third-order valence-electron chi connectivity index (χ3n) is 8.61. The van der Waals surface area contributed by atoms with E-state index in [9.17, 15) is 13.6 Å². The number of anilines is 1. The van der Waals surface area contributed by atoms with E-state index < -0.39 is 28.9 Å². The Morgan fingerprint density at radius 2 is 1.85 bits per heavy atom. The van der Waals surface area contributed by atoms with Gasteiger partial charge in [0.05, 0.1) is 30.1 Å². The number of hydrogen-bond donors (Lipinski definition) is 0. The molecule has 12 heteroatoms. The van der Waals surface area contributed by atoms with Gasteiger partial charge in [-0.2, -0.15) is 9.97 Å². The van der Waals surface area contributed by atoms with E-state index >= 15 is 4.39 Å². The molecule has 1 aromatic heterocycles. The fourth-order valence-electron chi connectivity index (χ4n) is 7.00. The predicted octanol–water partition coefficient (Wildman–Crippen LogP) is 4.46. The molecule has 1 amide bonds. The molecular formula is C28H36F3N5O4. The van der Waals surface area contributed by atoms with Gasteiger partial charge >= 0.3 is 12.1 Å². The molecule has 1 aromatic carbocycles. The number of hydrogen-bond acceptors (Lipinski definition) is 8. The molecule has 4 aliphatic heterocycles. The highest BCUT2D eigenvalue weighted by molar-refractivity contribution is 5.96. The molecule has 0 saturated carbocycles. The van der Waals surface area contributed by atoms with Gasteiger partial charge in [0, 0.05) is 32.1 Å². The van der Waals surface area contributed by atoms with Gasteiger partial charge < -0.3 is 19.1 Å². The van der Waals surface area contributed by atoms with E-state index in [1.807, 2.05) is 25.7 Å². The summed E-state index contributed by atoms with van der Waals surface area (Å²) in [6.45, 7) is 7.64. The molecule has 6 rings (SSSR count). The maximum Gasteiger partial charge on any atom is 0.410 e. The second kappa shape index (κ2) is 9.81. The quantitative estimate of drug-likeness (QED) is 0.528. The number of benzene rings is 1. The van der Waals surface area contributed by atoms with Gasteiger partial charge in [-0.15, -0.1) is 0 Å². The van der Waals surface area contributed by atoms with E-state index in [2.05, 4.69) is 14.9 Å². The zero-order valence-electron chi connectivity index (χ0n) is 23.4. The van der Waals surface area contributed by atoms with Gasteiger partial charge in [-0.05, 0) is 53.0 Å². The van der Waals surface area contributed by atoms with E-state index in [4.69, 9.17) is 14.2 Å². The monoisotopic (exact) mass is 563 g/mol. The maximum absolute atomic E-state index is 15.2. The van der Waals surface area contributed by atoms with E-state index in [1.54, 1.807) is 4.90 Å². The largest absolute Gasteiger partial charge is 0.493 e. The summed E-state index contributed by atoms with van der Waals surface area (Å²) in [4.78, 5) is 27.8. The number of fused-ring (bicyclic) bond motifs is 4. The molecule has 9 nitrogen and oxygen atoms in total. The maximum atomic E-state index is 15.2. The lowest BCUT2D eigenvalue weighted by Crippen LogP contribution is -2.57. The molecule has 2 aromatic rings. The fourth-order valence-corrected chi connectivity index (χ4v) is 7.00. The molecule has 0 spiro atoms. The van der Waals surface area contributed by atoms with Crippen LogP contribution in [0.3, 0.4) is 0 Å². The molecule has 40 heavy (non-hydrogen) atoms. The van der Waals surface area contributed by atoms with Crippen LogP contribution in [-0.2, 0) is 4.74 Å². The first-order chi connectivity index (χ1) is 19.0. The number of alkyl halides is 1. The van der Waals surface area contributed by atoms with Crippen molar-refractivity contribution in [3.63, 3.8) is 0 Å². The number of methoxy groups -OCH3 is 1. The smallest absolute Gasteiger partial charge is 0.410 e. The zero-order chi connectivity index (χ0) is 28.4. The highest BCUT2D eigenvalue weighted by Gasteiger charge is 2.50. The normalized spacial score (nSPS) is 28.3. The molecule has 4 saturated heterocycles. The summed E-state index contributed by atoms with van der Waals surface area (Å²) in [5.74, 6) is -1.59. The van der Waals surface area contributed by atoms with Crippen molar-refractivity contribution in [1.82, 2.24) is 19.8 Å². The molecule has 5 heterocycles. The van der Waals surface area contributed by atoms with Crippen molar-refractivity contribution in [2.75, 3.05) is 44.8 Å². The third-order valence-corrected chi connectivity index (χ3v) is 8.61. The summed E-state index contributed by atoms with van der Waals surface area (Å²) in [5.41, 5.74) is -1.17. The van der Waals surface area contributed by atoms with E-state index in [1.165, 1.54) is 7.11 Å². The summed E-state index contributed by atoms with van der Waals surface area (Å²) < 4.78 is 61.5. The standard InChI is InChI=1S/C28H36F3N5O4/c1-27(2,3)40-26(37)36-17-6-7-18(36)14-34(13-17)24-21-22(19(30)10-20(31)23(21)38-4)32-25(33-24)39-15-28-8-5-9-35(28)12-16(29)11-28/h10,16-18H,5-9,11-15H2,1-4H3/t16-,17-,18+,28+/m1/s1. The molecule has 4 fully saturated rings. The number of piperazine rings is 1. The summed E-state index contributed by atoms with van der Waals surface area (Å²) in [7, 11) is 1.31. The number of carbonyl (C=O) groups is 1. The lowest BCUT2D eigenvalue weighted by Gasteiger charge is -2.42. The highest BCUT2D eigenvalue weighted by Crippen LogP contribution is 2.43. The zero-order valence-corrected chi connectivity index (χ0v) is 23.4. The van der Waals surface area contributed by atoms with Gasteiger partial charge in [0.25, 0.3) is 0 Å². The minimum Gasteiger partial charge on any atom is -0.493 e. The van der Waals surface area contributed by atoms with Crippen LogP contribution >= 0.6 is 0 Å². The van der Waals surface area contributed by atoms with Crippen LogP contribution in [0.1, 0.15) is 52.9 Å². The Kier molecular flexibility index (Phi) is 6.66. The number of nitrogens with zero attached hydrogens (tertiary/aromatic N) is 5. The molecule has 0 radical (unpaired) electrons. The topological polar surface area (TPSA) is 80.3 Å². The van der Waals surface area contributed by atoms with Gasteiger partial charge in [0.15, 0.2) is 17.4 Å². The van der Waals surface area contributed by atoms with E-state index in [-0.39, 0.29) is 53.3 Å². The summed E-state index contributed by atoms with van der Waals surface area (Å²) in [6, 6.07) is 0.380. The van der Waals surface area contributed by atoms with Crippen molar-refractivity contribution in [1.29, 1.82) is 0 Å². The summed E-state index contributed by atoms with van der Waals surface area (Å²) >= 11 is 0. The van der Waals surface area contributed by atoms with Crippen LogP contribution in [-0.4, -0.2) is 95.2 Å². The van der Waals surface area contributed by atoms with Gasteiger partial charge in [-0.25, -0.2) is 18.0 Å². The molecule has 2 bridgehead atoms. The van der Waals surface area contributed by atoms with Crippen LogP contribution in [0.15, 0.2) is 6.07 Å². The number of carbonyl (C=O) groups excluding carboxylic acids is 1. The first kappa shape index (κ1) is 27.2. The molecular weight excluding hydrogens is 527 g/mol. The molecule has 0 N–H and O–H groups in total. The van der Waals surface area contributed by atoms with Crippen molar-refractivity contribution in [2.45, 2.75) is 82.3 Å². The highest BCUT2D eigenvalue weighted by atomic mass is 19.1.